The molecule has 0 unspecified atom stereocenters. The van der Waals surface area contributed by atoms with E-state index in [1.165, 1.54) is 48.5 Å². The molecule has 0 saturated carbocycles. The molecule has 0 aliphatic carbocycles. The van der Waals surface area contributed by atoms with Crippen LogP contribution in [-0.4, -0.2) is 25.5 Å². The first-order valence-electron chi connectivity index (χ1n) is 9.54. The van der Waals surface area contributed by atoms with E-state index in [2.05, 4.69) is 15.4 Å². The highest BCUT2D eigenvalue weighted by Gasteiger charge is 2.16. The topological polar surface area (TPSA) is 125 Å². The quantitative estimate of drug-likeness (QED) is 0.341. The van der Waals surface area contributed by atoms with Gasteiger partial charge in [-0.25, -0.2) is 18.0 Å². The van der Waals surface area contributed by atoms with Crippen LogP contribution in [0.3, 0.4) is 0 Å². The normalized spacial score (nSPS) is 12.0. The van der Waals surface area contributed by atoms with Crippen LogP contribution in [0.4, 0.5) is 16.2 Å². The highest BCUT2D eigenvalue weighted by molar-refractivity contribution is 7.92. The number of urea groups is 1. The standard InChI is InChI=1S/C22H19Cl2N3O5S/c1-13(18-3-2-4-19(23)20(18)24)25-22(30)26-15-9-11-17(12-10-15)33(31,32)27-16-7-5-14(6-8-16)21(28)29/h2-13,27H,1H3,(H,28,29)(H2,25,26,30)/t13-/m0/s1. The van der Waals surface area contributed by atoms with Crippen LogP contribution >= 0.6 is 23.2 Å². The summed E-state index contributed by atoms with van der Waals surface area (Å²) < 4.78 is 27.5. The predicted octanol–water partition coefficient (Wildman–Crippen LogP) is 5.38. The van der Waals surface area contributed by atoms with Crippen molar-refractivity contribution in [1.82, 2.24) is 5.32 Å². The van der Waals surface area contributed by atoms with Crippen LogP contribution in [0.1, 0.15) is 28.9 Å². The van der Waals surface area contributed by atoms with Crippen LogP contribution in [0.2, 0.25) is 10.0 Å². The minimum Gasteiger partial charge on any atom is -0.478 e. The Bertz CT molecular complexity index is 1280. The Balaban J connectivity index is 1.63. The lowest BCUT2D eigenvalue weighted by Crippen LogP contribution is -2.31. The number of benzene rings is 3. The van der Waals surface area contributed by atoms with Crippen molar-refractivity contribution in [2.45, 2.75) is 17.9 Å². The number of halogens is 2. The number of carboxylic acid groups (broad SMARTS) is 1. The Hall–Kier alpha value is -3.27. The number of amides is 2. The number of aromatic carboxylic acids is 1. The summed E-state index contributed by atoms with van der Waals surface area (Å²) in [6, 6.07) is 15.1. The van der Waals surface area contributed by atoms with E-state index in [0.717, 1.165) is 0 Å². The Morgan fingerprint density at radius 2 is 1.52 bits per heavy atom. The van der Waals surface area contributed by atoms with Crippen LogP contribution in [-0.2, 0) is 10.0 Å². The van der Waals surface area contributed by atoms with E-state index in [1.54, 1.807) is 25.1 Å². The fourth-order valence-electron chi connectivity index (χ4n) is 2.91. The van der Waals surface area contributed by atoms with Gasteiger partial charge in [0, 0.05) is 11.4 Å². The van der Waals surface area contributed by atoms with Gasteiger partial charge < -0.3 is 15.7 Å². The summed E-state index contributed by atoms with van der Waals surface area (Å²) in [6.07, 6.45) is 0. The van der Waals surface area contributed by atoms with E-state index in [-0.39, 0.29) is 16.1 Å². The summed E-state index contributed by atoms with van der Waals surface area (Å²) in [5.74, 6) is -1.11. The molecule has 0 heterocycles. The van der Waals surface area contributed by atoms with Gasteiger partial charge in [0.1, 0.15) is 0 Å². The van der Waals surface area contributed by atoms with Crippen molar-refractivity contribution in [3.8, 4) is 0 Å². The number of sulfonamides is 1. The lowest BCUT2D eigenvalue weighted by atomic mass is 10.1. The van der Waals surface area contributed by atoms with Crippen molar-refractivity contribution in [3.63, 3.8) is 0 Å². The largest absolute Gasteiger partial charge is 0.478 e. The summed E-state index contributed by atoms with van der Waals surface area (Å²) in [5.41, 5.74) is 1.29. The summed E-state index contributed by atoms with van der Waals surface area (Å²) in [4.78, 5) is 23.2. The Morgan fingerprint density at radius 3 is 2.12 bits per heavy atom. The highest BCUT2D eigenvalue weighted by Crippen LogP contribution is 2.29. The molecular formula is C22H19Cl2N3O5S. The molecule has 0 aliphatic heterocycles. The molecule has 0 spiro atoms. The maximum Gasteiger partial charge on any atom is 0.335 e. The molecular weight excluding hydrogens is 489 g/mol. The van der Waals surface area contributed by atoms with Gasteiger partial charge in [-0.05, 0) is 67.1 Å². The van der Waals surface area contributed by atoms with Crippen molar-refractivity contribution in [2.75, 3.05) is 10.0 Å². The number of nitrogens with one attached hydrogen (secondary N) is 3. The van der Waals surface area contributed by atoms with Gasteiger partial charge in [-0.1, -0.05) is 35.3 Å². The minimum atomic E-state index is -3.91. The Labute approximate surface area is 200 Å². The summed E-state index contributed by atoms with van der Waals surface area (Å²) in [7, 11) is -3.91. The van der Waals surface area contributed by atoms with Crippen molar-refractivity contribution in [3.05, 3.63) is 87.9 Å². The lowest BCUT2D eigenvalue weighted by Gasteiger charge is -2.17. The van der Waals surface area contributed by atoms with E-state index in [4.69, 9.17) is 28.3 Å². The summed E-state index contributed by atoms with van der Waals surface area (Å²) in [5, 5.41) is 15.0. The van der Waals surface area contributed by atoms with Crippen LogP contribution in [0.25, 0.3) is 0 Å². The predicted molar refractivity (Wildman–Crippen MR) is 128 cm³/mol. The molecule has 4 N–H and O–H groups in total. The van der Waals surface area contributed by atoms with Crippen molar-refractivity contribution < 1.29 is 23.1 Å². The molecule has 2 amide bonds. The number of carbonyl (C=O) groups is 2. The third-order valence-electron chi connectivity index (χ3n) is 4.60. The molecule has 0 radical (unpaired) electrons. The van der Waals surface area contributed by atoms with Crippen LogP contribution in [0.15, 0.2) is 71.6 Å². The second-order valence-electron chi connectivity index (χ2n) is 6.98. The Morgan fingerprint density at radius 1 is 0.909 bits per heavy atom. The SMILES string of the molecule is C[C@H](NC(=O)Nc1ccc(S(=O)(=O)Nc2ccc(C(=O)O)cc2)cc1)c1cccc(Cl)c1Cl. The van der Waals surface area contributed by atoms with Crippen LogP contribution < -0.4 is 15.4 Å². The molecule has 8 nitrogen and oxygen atoms in total. The Kier molecular flexibility index (Phi) is 7.47. The second kappa shape index (κ2) is 10.1. The first kappa shape index (κ1) is 24.4. The number of carbonyl (C=O) groups excluding carboxylic acids is 1. The van der Waals surface area contributed by atoms with E-state index in [1.807, 2.05) is 0 Å². The van der Waals surface area contributed by atoms with E-state index in [0.29, 0.717) is 21.3 Å². The van der Waals surface area contributed by atoms with Crippen LogP contribution in [0.5, 0.6) is 0 Å². The molecule has 0 bridgehead atoms. The third-order valence-corrected chi connectivity index (χ3v) is 6.83. The molecule has 33 heavy (non-hydrogen) atoms. The molecule has 0 aliphatic rings. The molecule has 1 atom stereocenters. The summed E-state index contributed by atoms with van der Waals surface area (Å²) >= 11 is 12.2. The van der Waals surface area contributed by atoms with Gasteiger partial charge in [-0.2, -0.15) is 0 Å². The zero-order valence-electron chi connectivity index (χ0n) is 17.2. The smallest absolute Gasteiger partial charge is 0.335 e. The molecule has 11 heteroatoms. The van der Waals surface area contributed by atoms with Gasteiger partial charge in [0.2, 0.25) is 0 Å². The minimum absolute atomic E-state index is 0.0325. The fraction of sp³-hybridized carbons (Fsp3) is 0.0909. The van der Waals surface area contributed by atoms with Gasteiger partial charge in [0.15, 0.2) is 0 Å². The number of carboxylic acids is 1. The average molecular weight is 508 g/mol. The molecule has 172 valence electrons. The summed E-state index contributed by atoms with van der Waals surface area (Å²) in [6.45, 7) is 1.75. The van der Waals surface area contributed by atoms with Gasteiger partial charge >= 0.3 is 12.0 Å². The zero-order chi connectivity index (χ0) is 24.2. The zero-order valence-corrected chi connectivity index (χ0v) is 19.5. The van der Waals surface area contributed by atoms with E-state index >= 15 is 0 Å². The van der Waals surface area contributed by atoms with E-state index in [9.17, 15) is 18.0 Å². The number of hydrogen-bond donors (Lipinski definition) is 4. The van der Waals surface area contributed by atoms with Crippen molar-refractivity contribution in [1.29, 1.82) is 0 Å². The van der Waals surface area contributed by atoms with Gasteiger partial charge in [0.05, 0.1) is 26.5 Å². The van der Waals surface area contributed by atoms with Gasteiger partial charge in [-0.15, -0.1) is 0 Å². The molecule has 3 aromatic rings. The van der Waals surface area contributed by atoms with Crippen molar-refractivity contribution in [2.24, 2.45) is 0 Å². The molecule has 3 rings (SSSR count). The highest BCUT2D eigenvalue weighted by atomic mass is 35.5. The van der Waals surface area contributed by atoms with Crippen LogP contribution in [0, 0.1) is 0 Å². The average Bonchev–Trinajstić information content (AvgIpc) is 2.76. The van der Waals surface area contributed by atoms with Gasteiger partial charge in [0.25, 0.3) is 10.0 Å². The first-order valence-corrected chi connectivity index (χ1v) is 11.8. The van der Waals surface area contributed by atoms with Crippen molar-refractivity contribution >= 4 is 56.6 Å². The van der Waals surface area contributed by atoms with E-state index < -0.39 is 28.1 Å². The number of anilines is 2. The lowest BCUT2D eigenvalue weighted by molar-refractivity contribution is 0.0697. The molecule has 0 fully saturated rings. The maximum absolute atomic E-state index is 12.6. The molecule has 3 aromatic carbocycles. The second-order valence-corrected chi connectivity index (χ2v) is 9.44. The molecule has 0 aromatic heterocycles. The van der Waals surface area contributed by atoms with Gasteiger partial charge in [-0.3, -0.25) is 4.72 Å². The monoisotopic (exact) mass is 507 g/mol. The number of rotatable bonds is 7. The fourth-order valence-corrected chi connectivity index (χ4v) is 4.44. The molecule has 0 saturated heterocycles. The first-order chi connectivity index (χ1) is 15.6. The maximum atomic E-state index is 12.6. The third kappa shape index (κ3) is 6.16. The number of hydrogen-bond acceptors (Lipinski definition) is 4.